The number of hydrogen-bond donors (Lipinski definition) is 0. The Bertz CT molecular complexity index is 967. The summed E-state index contributed by atoms with van der Waals surface area (Å²) >= 11 is 0. The summed E-state index contributed by atoms with van der Waals surface area (Å²) in [5.74, 6) is 0. The summed E-state index contributed by atoms with van der Waals surface area (Å²) in [6, 6.07) is 8.62. The summed E-state index contributed by atoms with van der Waals surface area (Å²) in [5.41, 5.74) is -12.2. The highest BCUT2D eigenvalue weighted by Gasteiger charge is 2.55. The molecule has 27 heavy (non-hydrogen) atoms. The van der Waals surface area contributed by atoms with Crippen LogP contribution in [-0.4, -0.2) is 32.5 Å². The van der Waals surface area contributed by atoms with Crippen LogP contribution in [0.5, 0.6) is 0 Å². The number of rotatable bonds is 5. The third-order valence-electron chi connectivity index (χ3n) is 3.28. The molecule has 2 aromatic rings. The smallest absolute Gasteiger partial charge is 0.252 e. The summed E-state index contributed by atoms with van der Waals surface area (Å²) in [7, 11) is -13.6. The van der Waals surface area contributed by atoms with Crippen LogP contribution in [0.15, 0.2) is 48.8 Å². The zero-order chi connectivity index (χ0) is 20.7. The van der Waals surface area contributed by atoms with Gasteiger partial charge in [-0.1, -0.05) is 18.2 Å². The van der Waals surface area contributed by atoms with Crippen molar-refractivity contribution in [3.8, 4) is 5.69 Å². The molecule has 0 amide bonds. The first-order valence-corrected chi connectivity index (χ1v) is 9.77. The van der Waals surface area contributed by atoms with Crippen LogP contribution in [0.4, 0.5) is 26.3 Å². The van der Waals surface area contributed by atoms with E-state index in [0.29, 0.717) is 4.68 Å². The van der Waals surface area contributed by atoms with E-state index in [1.165, 1.54) is 36.5 Å². The third-order valence-corrected chi connectivity index (χ3v) is 7.28. The fraction of sp³-hybridized carbons (Fsp3) is 0.231. The Morgan fingerprint density at radius 1 is 0.852 bits per heavy atom. The Morgan fingerprint density at radius 3 is 1.78 bits per heavy atom. The number of sulfone groups is 2. The summed E-state index contributed by atoms with van der Waals surface area (Å²) in [5, 5.41) is 0. The van der Waals surface area contributed by atoms with Gasteiger partial charge in [0.2, 0.25) is 0 Å². The maximum absolute atomic E-state index is 12.8. The molecular weight excluding hydrogens is 426 g/mol. The molecule has 0 spiro atoms. The molecule has 6 nitrogen and oxygen atoms in total. The lowest BCUT2D eigenvalue weighted by atomic mass is 10.3. The second kappa shape index (κ2) is 6.82. The highest BCUT2D eigenvalue weighted by Crippen LogP contribution is 2.40. The molecule has 1 aromatic heterocycles. The molecule has 0 fully saturated rings. The van der Waals surface area contributed by atoms with Crippen LogP contribution < -0.4 is 4.68 Å². The quantitative estimate of drug-likeness (QED) is 0.409. The zero-order valence-electron chi connectivity index (χ0n) is 12.9. The SMILES string of the molecule is O=S(=O)([C-](C[n+]1cccn1-c1ccccc1)S(=O)(=O)C(F)(F)F)C(F)(F)F. The molecule has 14 heteroatoms. The number of benzene rings is 1. The van der Waals surface area contributed by atoms with Crippen LogP contribution >= 0.6 is 0 Å². The Hall–Kier alpha value is -2.09. The van der Waals surface area contributed by atoms with Gasteiger partial charge in [0.05, 0.1) is 12.7 Å². The number of hydrogen-bond acceptors (Lipinski definition) is 4. The second-order valence-corrected chi connectivity index (χ2v) is 9.22. The van der Waals surface area contributed by atoms with E-state index in [1.54, 1.807) is 6.07 Å². The number of alkyl halides is 6. The van der Waals surface area contributed by atoms with Gasteiger partial charge in [0.25, 0.3) is 0 Å². The molecule has 2 rings (SSSR count). The minimum absolute atomic E-state index is 0.246. The number of para-hydroxylation sites is 1. The van der Waals surface area contributed by atoms with Gasteiger partial charge in [0.1, 0.15) is 25.4 Å². The Balaban J connectivity index is 2.61. The molecular formula is C13H10F6N2O4S2. The first kappa shape index (κ1) is 21.2. The average Bonchev–Trinajstić information content (AvgIpc) is 2.99. The van der Waals surface area contributed by atoms with Crippen LogP contribution in [0.1, 0.15) is 0 Å². The molecule has 0 saturated carbocycles. The molecule has 0 aliphatic heterocycles. The van der Waals surface area contributed by atoms with Gasteiger partial charge >= 0.3 is 11.0 Å². The average molecular weight is 436 g/mol. The highest BCUT2D eigenvalue weighted by atomic mass is 32.3. The minimum Gasteiger partial charge on any atom is -0.252 e. The van der Waals surface area contributed by atoms with Crippen LogP contribution in [0, 0.1) is 4.58 Å². The predicted molar refractivity (Wildman–Crippen MR) is 79.2 cm³/mol. The fourth-order valence-corrected chi connectivity index (χ4v) is 4.87. The fourth-order valence-electron chi connectivity index (χ4n) is 2.03. The van der Waals surface area contributed by atoms with Crippen molar-refractivity contribution in [2.24, 2.45) is 0 Å². The monoisotopic (exact) mass is 436 g/mol. The molecule has 0 aliphatic carbocycles. The number of aromatic nitrogens is 2. The van der Waals surface area contributed by atoms with Gasteiger partial charge in [-0.05, 0) is 12.1 Å². The first-order valence-electron chi connectivity index (χ1n) is 6.80. The molecule has 0 bridgehead atoms. The lowest BCUT2D eigenvalue weighted by molar-refractivity contribution is -0.760. The number of nitrogens with zero attached hydrogens (tertiary/aromatic N) is 2. The van der Waals surface area contributed by atoms with Crippen molar-refractivity contribution in [2.45, 2.75) is 17.6 Å². The molecule has 0 atom stereocenters. The molecule has 150 valence electrons. The largest absolute Gasteiger partial charge is 0.470 e. The molecule has 1 heterocycles. The van der Waals surface area contributed by atoms with Crippen molar-refractivity contribution in [1.82, 2.24) is 4.68 Å². The molecule has 1 aromatic carbocycles. The van der Waals surface area contributed by atoms with Gasteiger partial charge in [-0.25, -0.2) is 0 Å². The van der Waals surface area contributed by atoms with Crippen LogP contribution in [-0.2, 0) is 26.2 Å². The Labute approximate surface area is 149 Å². The maximum atomic E-state index is 12.8. The van der Waals surface area contributed by atoms with Crippen molar-refractivity contribution in [3.63, 3.8) is 0 Å². The van der Waals surface area contributed by atoms with Gasteiger partial charge in [-0.2, -0.15) is 26.3 Å². The molecule has 0 unspecified atom stereocenters. The predicted octanol–water partition coefficient (Wildman–Crippen LogP) is 2.12. The van der Waals surface area contributed by atoms with E-state index in [-0.39, 0.29) is 5.69 Å². The second-order valence-electron chi connectivity index (χ2n) is 5.04. The van der Waals surface area contributed by atoms with Crippen molar-refractivity contribution >= 4 is 19.7 Å². The maximum Gasteiger partial charge on any atom is 0.470 e. The minimum atomic E-state index is -6.78. The van der Waals surface area contributed by atoms with Crippen molar-refractivity contribution in [3.05, 3.63) is 53.4 Å². The van der Waals surface area contributed by atoms with Crippen molar-refractivity contribution in [1.29, 1.82) is 0 Å². The van der Waals surface area contributed by atoms with Crippen molar-refractivity contribution in [2.75, 3.05) is 0 Å². The highest BCUT2D eigenvalue weighted by molar-refractivity contribution is 8.13. The van der Waals surface area contributed by atoms with E-state index in [9.17, 15) is 43.2 Å². The third kappa shape index (κ3) is 3.95. The lowest BCUT2D eigenvalue weighted by Gasteiger charge is -2.28. The van der Waals surface area contributed by atoms with E-state index in [4.69, 9.17) is 0 Å². The van der Waals surface area contributed by atoms with Gasteiger partial charge in [-0.15, -0.1) is 9.36 Å². The van der Waals surface area contributed by atoms with E-state index >= 15 is 0 Å². The van der Waals surface area contributed by atoms with E-state index < -0.39 is 41.8 Å². The standard InChI is InChI=1S/C13H10F6N2O4S2/c14-12(15,16)26(22,23)11(27(24,25)13(17,18)19)9-20-7-4-8-21(20)10-5-2-1-3-6-10/h1-8H,9H2. The molecule has 0 saturated heterocycles. The van der Waals surface area contributed by atoms with Crippen molar-refractivity contribution < 1.29 is 47.9 Å². The Morgan fingerprint density at radius 2 is 1.33 bits per heavy atom. The zero-order valence-corrected chi connectivity index (χ0v) is 14.6. The van der Waals surface area contributed by atoms with Crippen LogP contribution in [0.3, 0.4) is 0 Å². The summed E-state index contributed by atoms with van der Waals surface area (Å²) in [4.78, 5) is 0. The van der Waals surface area contributed by atoms with E-state index in [1.807, 2.05) is 0 Å². The molecule has 0 N–H and O–H groups in total. The van der Waals surface area contributed by atoms with Gasteiger partial charge < -0.3 is 0 Å². The van der Waals surface area contributed by atoms with Gasteiger partial charge in [0, 0.05) is 10.6 Å². The van der Waals surface area contributed by atoms with Crippen LogP contribution in [0.2, 0.25) is 0 Å². The molecule has 0 radical (unpaired) electrons. The summed E-state index contributed by atoms with van der Waals surface area (Å²) < 4.78 is 122. The summed E-state index contributed by atoms with van der Waals surface area (Å²) in [6.45, 7) is -1.70. The Kier molecular flexibility index (Phi) is 5.35. The number of halogens is 6. The van der Waals surface area contributed by atoms with Gasteiger partial charge in [0.15, 0.2) is 6.20 Å². The van der Waals surface area contributed by atoms with E-state index in [0.717, 1.165) is 10.9 Å². The first-order chi connectivity index (χ1) is 12.2. The topological polar surface area (TPSA) is 77.1 Å². The summed E-state index contributed by atoms with van der Waals surface area (Å²) in [6.07, 6.45) is 2.14. The normalized spacial score (nSPS) is 13.9. The van der Waals surface area contributed by atoms with E-state index in [2.05, 4.69) is 0 Å². The van der Waals surface area contributed by atoms with Gasteiger partial charge in [-0.3, -0.25) is 16.8 Å². The lowest BCUT2D eigenvalue weighted by Crippen LogP contribution is -2.51. The molecule has 0 aliphatic rings. The van der Waals surface area contributed by atoms with Crippen LogP contribution in [0.25, 0.3) is 5.69 Å².